The minimum Gasteiger partial charge on any atom is -0.384 e. The summed E-state index contributed by atoms with van der Waals surface area (Å²) in [6.07, 6.45) is 2.31. The molecule has 2 aromatic carbocycles. The third kappa shape index (κ3) is 3.31. The Balaban J connectivity index is 2.02. The van der Waals surface area contributed by atoms with Crippen molar-refractivity contribution < 1.29 is 0 Å². The molecule has 1 aliphatic rings. The summed E-state index contributed by atoms with van der Waals surface area (Å²) in [5.41, 5.74) is 7.25. The van der Waals surface area contributed by atoms with Crippen molar-refractivity contribution in [3.8, 4) is 11.8 Å². The molecule has 3 rings (SSSR count). The molecule has 1 aliphatic heterocycles. The van der Waals surface area contributed by atoms with E-state index in [2.05, 4.69) is 77.3 Å². The Labute approximate surface area is 134 Å². The number of anilines is 1. The Kier molecular flexibility index (Phi) is 4.03. The second kappa shape index (κ2) is 5.95. The molecule has 1 nitrogen and oxygen atoms in total. The van der Waals surface area contributed by atoms with Crippen LogP contribution in [0.25, 0.3) is 0 Å². The maximum Gasteiger partial charge on any atom is 0.0532 e. The molecule has 106 valence electrons. The van der Waals surface area contributed by atoms with E-state index in [1.54, 1.807) is 0 Å². The number of fused-ring (bicyclic) bond motifs is 1. The quantitative estimate of drug-likeness (QED) is 0.678. The smallest absolute Gasteiger partial charge is 0.0532 e. The summed E-state index contributed by atoms with van der Waals surface area (Å²) in [6.45, 7) is 5.26. The third-order valence-electron chi connectivity index (χ3n) is 3.67. The van der Waals surface area contributed by atoms with Crippen molar-refractivity contribution in [3.63, 3.8) is 0 Å². The van der Waals surface area contributed by atoms with E-state index in [0.29, 0.717) is 0 Å². The van der Waals surface area contributed by atoms with Gasteiger partial charge in [0.1, 0.15) is 0 Å². The molecule has 0 amide bonds. The molecule has 2 aromatic rings. The summed E-state index contributed by atoms with van der Waals surface area (Å²) in [4.78, 5) is 0. The van der Waals surface area contributed by atoms with Gasteiger partial charge in [-0.2, -0.15) is 0 Å². The van der Waals surface area contributed by atoms with Gasteiger partial charge in [-0.1, -0.05) is 33.8 Å². The van der Waals surface area contributed by atoms with Gasteiger partial charge in [0.2, 0.25) is 0 Å². The Bertz CT molecular complexity index is 730. The summed E-state index contributed by atoms with van der Waals surface area (Å²) in [7, 11) is 0. The highest BCUT2D eigenvalue weighted by atomic mass is 79.9. The molecule has 1 heterocycles. The van der Waals surface area contributed by atoms with E-state index in [4.69, 9.17) is 0 Å². The zero-order chi connectivity index (χ0) is 14.8. The van der Waals surface area contributed by atoms with Gasteiger partial charge >= 0.3 is 0 Å². The Morgan fingerprint density at radius 1 is 1.00 bits per heavy atom. The normalized spacial score (nSPS) is 12.9. The fourth-order valence-corrected chi connectivity index (χ4v) is 3.35. The lowest BCUT2D eigenvalue weighted by Crippen LogP contribution is -2.13. The molecular formula is C19H18BrN. The standard InChI is InChI=1S/C19H18BrN/c1-13-8-14(2)10-15(9-13)5-6-17-12-18(20)11-16-4-3-7-21-19(16)17/h8-12,21H,3-4,7H2,1-2H3. The molecule has 1 N–H and O–H groups in total. The van der Waals surface area contributed by atoms with Crippen molar-refractivity contribution >= 4 is 21.6 Å². The first-order valence-electron chi connectivity index (χ1n) is 7.28. The molecule has 0 aliphatic carbocycles. The molecule has 0 aromatic heterocycles. The molecule has 0 spiro atoms. The van der Waals surface area contributed by atoms with Crippen molar-refractivity contribution in [1.82, 2.24) is 0 Å². The van der Waals surface area contributed by atoms with E-state index in [0.717, 1.165) is 28.6 Å². The first-order chi connectivity index (χ1) is 10.1. The number of hydrogen-bond donors (Lipinski definition) is 1. The van der Waals surface area contributed by atoms with E-state index in [-0.39, 0.29) is 0 Å². The average Bonchev–Trinajstić information content (AvgIpc) is 2.43. The molecule has 2 heteroatoms. The van der Waals surface area contributed by atoms with Gasteiger partial charge in [-0.3, -0.25) is 0 Å². The van der Waals surface area contributed by atoms with E-state index >= 15 is 0 Å². The number of hydrogen-bond acceptors (Lipinski definition) is 1. The molecule has 0 fully saturated rings. The fourth-order valence-electron chi connectivity index (χ4n) is 2.85. The number of aryl methyl sites for hydroxylation is 3. The van der Waals surface area contributed by atoms with Crippen molar-refractivity contribution in [1.29, 1.82) is 0 Å². The van der Waals surface area contributed by atoms with Gasteiger partial charge < -0.3 is 5.32 Å². The first kappa shape index (κ1) is 14.2. The minimum absolute atomic E-state index is 1.03. The van der Waals surface area contributed by atoms with E-state index in [1.165, 1.54) is 28.8 Å². The number of benzene rings is 2. The van der Waals surface area contributed by atoms with Crippen LogP contribution in [0.15, 0.2) is 34.8 Å². The maximum absolute atomic E-state index is 3.60. The Morgan fingerprint density at radius 2 is 1.76 bits per heavy atom. The largest absolute Gasteiger partial charge is 0.384 e. The number of rotatable bonds is 0. The number of halogens is 1. The monoisotopic (exact) mass is 339 g/mol. The highest BCUT2D eigenvalue weighted by Crippen LogP contribution is 2.29. The molecular weight excluding hydrogens is 322 g/mol. The van der Waals surface area contributed by atoms with Crippen molar-refractivity contribution in [3.05, 3.63) is 62.6 Å². The fraction of sp³-hybridized carbons (Fsp3) is 0.263. The van der Waals surface area contributed by atoms with Crippen LogP contribution in [-0.4, -0.2) is 6.54 Å². The molecule has 0 radical (unpaired) electrons. The molecule has 0 bridgehead atoms. The summed E-state index contributed by atoms with van der Waals surface area (Å²) < 4.78 is 1.11. The van der Waals surface area contributed by atoms with Gasteiger partial charge in [0.05, 0.1) is 5.69 Å². The van der Waals surface area contributed by atoms with Crippen LogP contribution in [0.5, 0.6) is 0 Å². The molecule has 21 heavy (non-hydrogen) atoms. The summed E-state index contributed by atoms with van der Waals surface area (Å²) in [5.74, 6) is 6.65. The lowest BCUT2D eigenvalue weighted by atomic mass is 9.99. The van der Waals surface area contributed by atoms with E-state index < -0.39 is 0 Å². The number of nitrogens with one attached hydrogen (secondary N) is 1. The van der Waals surface area contributed by atoms with Gasteiger partial charge in [0.15, 0.2) is 0 Å². The van der Waals surface area contributed by atoms with Crippen LogP contribution in [-0.2, 0) is 6.42 Å². The average molecular weight is 340 g/mol. The van der Waals surface area contributed by atoms with Crippen LogP contribution >= 0.6 is 15.9 Å². The molecule has 0 unspecified atom stereocenters. The van der Waals surface area contributed by atoms with Gasteiger partial charge in [-0.25, -0.2) is 0 Å². The van der Waals surface area contributed by atoms with Crippen molar-refractivity contribution in [2.45, 2.75) is 26.7 Å². The first-order valence-corrected chi connectivity index (χ1v) is 8.08. The van der Waals surface area contributed by atoms with Gasteiger partial charge in [0, 0.05) is 22.1 Å². The summed E-state index contributed by atoms with van der Waals surface area (Å²) >= 11 is 3.60. The van der Waals surface area contributed by atoms with Crippen molar-refractivity contribution in [2.75, 3.05) is 11.9 Å². The second-order valence-electron chi connectivity index (χ2n) is 5.64. The zero-order valence-corrected chi connectivity index (χ0v) is 14.0. The predicted octanol–water partition coefficient (Wildman–Crippen LogP) is 4.82. The van der Waals surface area contributed by atoms with Crippen LogP contribution in [0.1, 0.15) is 34.2 Å². The van der Waals surface area contributed by atoms with Gasteiger partial charge in [0.25, 0.3) is 0 Å². The summed E-state index contributed by atoms with van der Waals surface area (Å²) in [6, 6.07) is 10.7. The lowest BCUT2D eigenvalue weighted by molar-refractivity contribution is 0.828. The van der Waals surface area contributed by atoms with Crippen LogP contribution < -0.4 is 5.32 Å². The zero-order valence-electron chi connectivity index (χ0n) is 12.4. The van der Waals surface area contributed by atoms with Gasteiger partial charge in [-0.05, 0) is 67.6 Å². The van der Waals surface area contributed by atoms with E-state index in [1.807, 2.05) is 0 Å². The molecule has 0 atom stereocenters. The van der Waals surface area contributed by atoms with Crippen molar-refractivity contribution in [2.24, 2.45) is 0 Å². The summed E-state index contributed by atoms with van der Waals surface area (Å²) in [5, 5.41) is 3.49. The lowest BCUT2D eigenvalue weighted by Gasteiger charge is -2.19. The van der Waals surface area contributed by atoms with Crippen LogP contribution in [0.3, 0.4) is 0 Å². The van der Waals surface area contributed by atoms with E-state index in [9.17, 15) is 0 Å². The Hall–Kier alpha value is -1.72. The van der Waals surface area contributed by atoms with Gasteiger partial charge in [-0.15, -0.1) is 0 Å². The molecule has 0 saturated heterocycles. The second-order valence-corrected chi connectivity index (χ2v) is 6.56. The highest BCUT2D eigenvalue weighted by molar-refractivity contribution is 9.10. The topological polar surface area (TPSA) is 12.0 Å². The SMILES string of the molecule is Cc1cc(C)cc(C#Cc2cc(Br)cc3c2NCCC3)c1. The predicted molar refractivity (Wildman–Crippen MR) is 92.8 cm³/mol. The maximum atomic E-state index is 3.60. The Morgan fingerprint density at radius 3 is 2.52 bits per heavy atom. The van der Waals surface area contributed by atoms with Crippen LogP contribution in [0.2, 0.25) is 0 Å². The van der Waals surface area contributed by atoms with Crippen LogP contribution in [0.4, 0.5) is 5.69 Å². The highest BCUT2D eigenvalue weighted by Gasteiger charge is 2.12. The molecule has 0 saturated carbocycles. The minimum atomic E-state index is 1.03. The third-order valence-corrected chi connectivity index (χ3v) is 4.13. The van der Waals surface area contributed by atoms with Crippen LogP contribution in [0, 0.1) is 25.7 Å².